The smallest absolute Gasteiger partial charge is 0.231 e. The molecule has 0 spiro atoms. The molecule has 178 valence electrons. The van der Waals surface area contributed by atoms with Crippen LogP contribution in [-0.4, -0.2) is 43.9 Å². The molecule has 34 heavy (non-hydrogen) atoms. The molecule has 3 aliphatic carbocycles. The third-order valence-electron chi connectivity index (χ3n) is 6.48. The minimum absolute atomic E-state index is 0.0682. The number of alkyl halides is 1. The van der Waals surface area contributed by atoms with Crippen LogP contribution in [0.15, 0.2) is 42.6 Å². The summed E-state index contributed by atoms with van der Waals surface area (Å²) in [6, 6.07) is 11.4. The van der Waals surface area contributed by atoms with Gasteiger partial charge < -0.3 is 14.0 Å². The number of sulfonamides is 1. The Morgan fingerprint density at radius 1 is 1.18 bits per heavy atom. The van der Waals surface area contributed by atoms with E-state index < -0.39 is 10.0 Å². The monoisotopic (exact) mass is 519 g/mol. The number of hydrogen-bond acceptors (Lipinski definition) is 4. The minimum Gasteiger partial charge on any atom is -0.502 e. The Kier molecular flexibility index (Phi) is 5.72. The Morgan fingerprint density at radius 2 is 1.94 bits per heavy atom. The first-order valence-corrected chi connectivity index (χ1v) is 13.6. The molecule has 0 unspecified atom stereocenters. The third-order valence-corrected chi connectivity index (χ3v) is 7.72. The Balaban J connectivity index is 1.31. The first kappa shape index (κ1) is 23.3. The van der Waals surface area contributed by atoms with Crippen LogP contribution in [0.4, 0.5) is 5.69 Å². The standard InChI is InChI=1S/C24H23Cl2N3O4S/c1-27-20-11-17(10-19(26)22(20)32-8-6-25)29-7-5-16-9-18(3-4-21(16)29)33-15-23-12-24(13-23,14-23)28-34(2,30)31/h3-5,7,9-11,28H,6,8,12-15H2,2H3. The van der Waals surface area contributed by atoms with Gasteiger partial charge in [0.05, 0.1) is 42.5 Å². The molecule has 3 fully saturated rings. The summed E-state index contributed by atoms with van der Waals surface area (Å²) in [5.41, 5.74) is 1.86. The van der Waals surface area contributed by atoms with Gasteiger partial charge in [0.15, 0.2) is 0 Å². The molecule has 0 atom stereocenters. The fraction of sp³-hybridized carbons (Fsp3) is 0.375. The lowest BCUT2D eigenvalue weighted by Gasteiger charge is -2.69. The maximum Gasteiger partial charge on any atom is 0.231 e. The number of hydrogen-bond donors (Lipinski definition) is 1. The van der Waals surface area contributed by atoms with E-state index in [1.807, 2.05) is 35.0 Å². The lowest BCUT2D eigenvalue weighted by molar-refractivity contribution is -0.162. The highest BCUT2D eigenvalue weighted by Gasteiger charge is 2.69. The second-order valence-electron chi connectivity index (χ2n) is 9.31. The fourth-order valence-corrected chi connectivity index (χ4v) is 6.74. The highest BCUT2D eigenvalue weighted by atomic mass is 35.5. The summed E-state index contributed by atoms with van der Waals surface area (Å²) in [7, 11) is -3.19. The van der Waals surface area contributed by atoms with Crippen LogP contribution in [0.2, 0.25) is 5.02 Å². The van der Waals surface area contributed by atoms with Gasteiger partial charge in [0.25, 0.3) is 0 Å². The van der Waals surface area contributed by atoms with Gasteiger partial charge in [0.2, 0.25) is 15.7 Å². The molecule has 2 bridgehead atoms. The zero-order chi connectivity index (χ0) is 24.1. The summed E-state index contributed by atoms with van der Waals surface area (Å²) >= 11 is 12.1. The van der Waals surface area contributed by atoms with Crippen LogP contribution in [0.1, 0.15) is 19.3 Å². The number of nitrogens with one attached hydrogen (secondary N) is 1. The van der Waals surface area contributed by atoms with E-state index in [0.717, 1.165) is 41.6 Å². The molecule has 1 aromatic heterocycles. The predicted molar refractivity (Wildman–Crippen MR) is 133 cm³/mol. The normalized spacial score (nSPS) is 23.1. The van der Waals surface area contributed by atoms with Gasteiger partial charge in [-0.2, -0.15) is 0 Å². The van der Waals surface area contributed by atoms with Crippen molar-refractivity contribution in [3.63, 3.8) is 0 Å². The van der Waals surface area contributed by atoms with Gasteiger partial charge in [-0.1, -0.05) is 11.6 Å². The van der Waals surface area contributed by atoms with Gasteiger partial charge in [-0.3, -0.25) is 0 Å². The fourth-order valence-electron chi connectivity index (χ4n) is 5.40. The number of aromatic nitrogens is 1. The zero-order valence-corrected chi connectivity index (χ0v) is 20.8. The van der Waals surface area contributed by atoms with Crippen LogP contribution in [0.25, 0.3) is 21.4 Å². The number of fused-ring (bicyclic) bond motifs is 1. The van der Waals surface area contributed by atoms with Crippen LogP contribution >= 0.6 is 23.2 Å². The Labute approximate surface area is 208 Å². The topological polar surface area (TPSA) is 73.9 Å². The van der Waals surface area contributed by atoms with E-state index in [2.05, 4.69) is 9.57 Å². The third kappa shape index (κ3) is 4.22. The molecule has 0 amide bonds. The second kappa shape index (κ2) is 8.35. The van der Waals surface area contributed by atoms with E-state index in [1.54, 1.807) is 12.1 Å². The Hall–Kier alpha value is -2.44. The molecule has 2 aromatic carbocycles. The molecule has 7 nitrogen and oxygen atoms in total. The molecule has 6 rings (SSSR count). The van der Waals surface area contributed by atoms with E-state index in [-0.39, 0.29) is 17.6 Å². The number of benzene rings is 2. The molecular weight excluding hydrogens is 497 g/mol. The van der Waals surface area contributed by atoms with Crippen LogP contribution < -0.4 is 14.2 Å². The summed E-state index contributed by atoms with van der Waals surface area (Å²) in [6.07, 6.45) is 5.59. The predicted octanol–water partition coefficient (Wildman–Crippen LogP) is 5.30. The molecule has 3 aliphatic rings. The van der Waals surface area contributed by atoms with Crippen molar-refractivity contribution in [2.75, 3.05) is 25.3 Å². The van der Waals surface area contributed by atoms with Gasteiger partial charge in [0.1, 0.15) is 11.5 Å². The van der Waals surface area contributed by atoms with E-state index in [9.17, 15) is 8.42 Å². The molecular formula is C24H23Cl2N3O4S. The van der Waals surface area contributed by atoms with Gasteiger partial charge in [-0.25, -0.2) is 18.0 Å². The Bertz CT molecular complexity index is 1410. The molecule has 0 saturated heterocycles. The summed E-state index contributed by atoms with van der Waals surface area (Å²) in [6.45, 7) is 8.34. The molecule has 10 heteroatoms. The van der Waals surface area contributed by atoms with Crippen LogP contribution in [-0.2, 0) is 10.0 Å². The van der Waals surface area contributed by atoms with Crippen molar-refractivity contribution in [1.29, 1.82) is 0 Å². The van der Waals surface area contributed by atoms with Crippen molar-refractivity contribution >= 4 is 49.8 Å². The van der Waals surface area contributed by atoms with E-state index >= 15 is 0 Å². The van der Waals surface area contributed by atoms with Crippen LogP contribution in [0, 0.1) is 12.0 Å². The summed E-state index contributed by atoms with van der Waals surface area (Å²) in [5.74, 6) is 1.42. The summed E-state index contributed by atoms with van der Waals surface area (Å²) in [5, 5.41) is 1.35. The summed E-state index contributed by atoms with van der Waals surface area (Å²) in [4.78, 5) is 3.56. The Morgan fingerprint density at radius 3 is 2.62 bits per heavy atom. The lowest BCUT2D eigenvalue weighted by Crippen LogP contribution is -2.76. The van der Waals surface area contributed by atoms with Crippen molar-refractivity contribution in [3.05, 3.63) is 59.0 Å². The first-order valence-electron chi connectivity index (χ1n) is 10.8. The van der Waals surface area contributed by atoms with E-state index in [0.29, 0.717) is 28.9 Å². The molecule has 1 heterocycles. The largest absolute Gasteiger partial charge is 0.502 e. The highest BCUT2D eigenvalue weighted by Crippen LogP contribution is 2.67. The van der Waals surface area contributed by atoms with Gasteiger partial charge in [-0.05, 0) is 55.7 Å². The first-order chi connectivity index (χ1) is 16.1. The molecule has 3 saturated carbocycles. The van der Waals surface area contributed by atoms with Gasteiger partial charge in [0, 0.05) is 28.2 Å². The SMILES string of the molecule is [C-]#[N+]c1cc(-n2ccc3cc(OCC45CC(NS(C)(=O)=O)(C4)C5)ccc32)cc(Cl)c1OCCCl. The van der Waals surface area contributed by atoms with Crippen molar-refractivity contribution in [3.8, 4) is 17.2 Å². The average Bonchev–Trinajstić information content (AvgIpc) is 3.15. The van der Waals surface area contributed by atoms with Crippen LogP contribution in [0.5, 0.6) is 11.5 Å². The van der Waals surface area contributed by atoms with E-state index in [1.165, 1.54) is 6.26 Å². The molecule has 3 aromatic rings. The van der Waals surface area contributed by atoms with Gasteiger partial charge in [-0.15, -0.1) is 11.6 Å². The molecule has 0 radical (unpaired) electrons. The van der Waals surface area contributed by atoms with Crippen molar-refractivity contribution < 1.29 is 17.9 Å². The number of halogens is 2. The average molecular weight is 520 g/mol. The van der Waals surface area contributed by atoms with Crippen molar-refractivity contribution in [2.24, 2.45) is 5.41 Å². The van der Waals surface area contributed by atoms with Crippen molar-refractivity contribution in [2.45, 2.75) is 24.8 Å². The lowest BCUT2D eigenvalue weighted by atomic mass is 9.40. The zero-order valence-electron chi connectivity index (χ0n) is 18.5. The summed E-state index contributed by atoms with van der Waals surface area (Å²) < 4.78 is 39.4. The quantitative estimate of drug-likeness (QED) is 0.307. The van der Waals surface area contributed by atoms with E-state index in [4.69, 9.17) is 39.2 Å². The molecule has 0 aliphatic heterocycles. The number of rotatable bonds is 9. The number of ether oxygens (including phenoxy) is 2. The second-order valence-corrected chi connectivity index (χ2v) is 11.8. The maximum absolute atomic E-state index is 11.5. The van der Waals surface area contributed by atoms with Crippen LogP contribution in [0.3, 0.4) is 0 Å². The van der Waals surface area contributed by atoms with Gasteiger partial charge >= 0.3 is 0 Å². The minimum atomic E-state index is -3.19. The number of nitrogens with zero attached hydrogens (tertiary/aromatic N) is 2. The highest BCUT2D eigenvalue weighted by molar-refractivity contribution is 7.88. The molecule has 1 N–H and O–H groups in total. The maximum atomic E-state index is 11.5. The van der Waals surface area contributed by atoms with Crippen molar-refractivity contribution in [1.82, 2.24) is 9.29 Å².